The van der Waals surface area contributed by atoms with E-state index in [4.69, 9.17) is 5.73 Å². The summed E-state index contributed by atoms with van der Waals surface area (Å²) in [5.41, 5.74) is 6.06. The Balaban J connectivity index is 2.89. The van der Waals surface area contributed by atoms with E-state index in [1.165, 1.54) is 18.5 Å². The Morgan fingerprint density at radius 1 is 1.50 bits per heavy atom. The number of fused-ring (bicyclic) bond motifs is 1. The molecule has 2 N–H and O–H groups in total. The van der Waals surface area contributed by atoms with E-state index in [9.17, 15) is 5.21 Å². The van der Waals surface area contributed by atoms with Crippen molar-refractivity contribution in [1.29, 1.82) is 0 Å². The third-order valence-electron chi connectivity index (χ3n) is 1.41. The van der Waals surface area contributed by atoms with E-state index in [-0.39, 0.29) is 5.95 Å². The predicted molar refractivity (Wildman–Crippen MR) is 40.7 cm³/mol. The van der Waals surface area contributed by atoms with Crippen LogP contribution in [0.4, 0.5) is 5.95 Å². The topological polar surface area (TPSA) is 91.6 Å². The highest BCUT2D eigenvalue weighted by Crippen LogP contribution is 2.02. The minimum atomic E-state index is -0.0505. The normalized spacial score (nSPS) is 10.3. The Labute approximate surface area is 67.3 Å². The van der Waals surface area contributed by atoms with Gasteiger partial charge in [-0.3, -0.25) is 4.98 Å². The number of nitrogens with two attached hydrogens (primary N) is 1. The van der Waals surface area contributed by atoms with Crippen LogP contribution in [0.5, 0.6) is 0 Å². The highest BCUT2D eigenvalue weighted by atomic mass is 16.5. The van der Waals surface area contributed by atoms with Crippen LogP contribution in [0.25, 0.3) is 11.0 Å². The fourth-order valence-electron chi connectivity index (χ4n) is 0.919. The molecule has 0 radical (unpaired) electrons. The van der Waals surface area contributed by atoms with Crippen molar-refractivity contribution in [3.05, 3.63) is 23.7 Å². The molecule has 0 aromatic carbocycles. The Kier molecular flexibility index (Phi) is 1.26. The Hall–Kier alpha value is -1.98. The van der Waals surface area contributed by atoms with Gasteiger partial charge in [0.2, 0.25) is 0 Å². The van der Waals surface area contributed by atoms with Gasteiger partial charge in [-0.05, 0) is 4.85 Å². The van der Waals surface area contributed by atoms with E-state index in [1.54, 1.807) is 0 Å². The Bertz CT molecular complexity index is 429. The maximum Gasteiger partial charge on any atom is 0.288 e. The summed E-state index contributed by atoms with van der Waals surface area (Å²) in [6.45, 7) is 0. The zero-order valence-electron chi connectivity index (χ0n) is 6.01. The maximum atomic E-state index is 11.1. The smallest absolute Gasteiger partial charge is 0.288 e. The molecule has 60 valence electrons. The van der Waals surface area contributed by atoms with Gasteiger partial charge in [0.1, 0.15) is 0 Å². The number of rotatable bonds is 0. The first kappa shape index (κ1) is 6.71. The minimum Gasteiger partial charge on any atom is -0.594 e. The monoisotopic (exact) mass is 163 g/mol. The summed E-state index contributed by atoms with van der Waals surface area (Å²) in [7, 11) is 0. The molecule has 12 heavy (non-hydrogen) atoms. The predicted octanol–water partition coefficient (Wildman–Crippen LogP) is -0.760. The lowest BCUT2D eigenvalue weighted by molar-refractivity contribution is -0.641. The summed E-state index contributed by atoms with van der Waals surface area (Å²) in [6.07, 6.45) is 2.96. The van der Waals surface area contributed by atoms with Crippen molar-refractivity contribution >= 4 is 17.0 Å². The molecule has 0 amide bonds. The summed E-state index contributed by atoms with van der Waals surface area (Å²) in [5.74, 6) is -0.0505. The molecule has 0 aliphatic carbocycles. The molecule has 6 nitrogen and oxygen atoms in total. The van der Waals surface area contributed by atoms with Crippen LogP contribution in [0, 0.1) is 5.21 Å². The third kappa shape index (κ3) is 0.895. The van der Waals surface area contributed by atoms with Crippen LogP contribution in [0.15, 0.2) is 18.5 Å². The van der Waals surface area contributed by atoms with E-state index in [0.717, 1.165) is 0 Å². The Morgan fingerprint density at radius 3 is 3.17 bits per heavy atom. The van der Waals surface area contributed by atoms with Gasteiger partial charge in [0.05, 0.1) is 11.3 Å². The molecule has 6 heteroatoms. The minimum absolute atomic E-state index is 0.0505. The number of hydrogen-bond acceptors (Lipinski definition) is 5. The van der Waals surface area contributed by atoms with Gasteiger partial charge >= 0.3 is 0 Å². The van der Waals surface area contributed by atoms with Crippen molar-refractivity contribution in [2.75, 3.05) is 5.73 Å². The molecule has 0 bridgehead atoms. The average molecular weight is 163 g/mol. The zero-order chi connectivity index (χ0) is 8.55. The second-order valence-corrected chi connectivity index (χ2v) is 2.21. The molecular weight excluding hydrogens is 158 g/mol. The first-order valence-electron chi connectivity index (χ1n) is 3.24. The van der Waals surface area contributed by atoms with Gasteiger partial charge in [-0.1, -0.05) is 0 Å². The van der Waals surface area contributed by atoms with Crippen molar-refractivity contribution in [3.63, 3.8) is 0 Å². The molecule has 0 unspecified atom stereocenters. The fraction of sp³-hybridized carbons (Fsp3) is 0. The summed E-state index contributed by atoms with van der Waals surface area (Å²) in [6, 6.07) is 1.53. The van der Waals surface area contributed by atoms with Crippen LogP contribution in [0.3, 0.4) is 0 Å². The standard InChI is InChI=1S/C6H5N5O/c7-6-9-4-3-8-2-1-5(4)11(12)10-6/h1-3H,(H2,7,9,10). The molecule has 2 aromatic rings. The van der Waals surface area contributed by atoms with Gasteiger partial charge in [0, 0.05) is 12.3 Å². The van der Waals surface area contributed by atoms with Crippen LogP contribution in [0.1, 0.15) is 0 Å². The molecule has 0 aliphatic heterocycles. The highest BCUT2D eigenvalue weighted by molar-refractivity contribution is 5.69. The van der Waals surface area contributed by atoms with Gasteiger partial charge in [0.25, 0.3) is 11.5 Å². The van der Waals surface area contributed by atoms with E-state index in [0.29, 0.717) is 15.9 Å². The van der Waals surface area contributed by atoms with Crippen LogP contribution in [-0.2, 0) is 0 Å². The van der Waals surface area contributed by atoms with Gasteiger partial charge in [-0.2, -0.15) is 4.98 Å². The first-order valence-corrected chi connectivity index (χ1v) is 3.24. The molecule has 0 spiro atoms. The number of pyridine rings is 1. The third-order valence-corrected chi connectivity index (χ3v) is 1.41. The van der Waals surface area contributed by atoms with Crippen LogP contribution in [0.2, 0.25) is 0 Å². The molecule has 0 aliphatic rings. The van der Waals surface area contributed by atoms with E-state index >= 15 is 0 Å². The van der Waals surface area contributed by atoms with Crippen molar-refractivity contribution in [1.82, 2.24) is 15.1 Å². The molecule has 2 heterocycles. The highest BCUT2D eigenvalue weighted by Gasteiger charge is 2.06. The molecule has 2 rings (SSSR count). The first-order chi connectivity index (χ1) is 5.77. The largest absolute Gasteiger partial charge is 0.594 e. The molecule has 0 saturated heterocycles. The summed E-state index contributed by atoms with van der Waals surface area (Å²) >= 11 is 0. The number of nitrogens with zero attached hydrogens (tertiary/aromatic N) is 4. The quantitative estimate of drug-likeness (QED) is 0.407. The summed E-state index contributed by atoms with van der Waals surface area (Å²) in [4.78, 5) is 8.05. The molecular formula is C6H5N5O. The van der Waals surface area contributed by atoms with Gasteiger partial charge in [-0.15, -0.1) is 0 Å². The van der Waals surface area contributed by atoms with E-state index < -0.39 is 0 Å². The summed E-state index contributed by atoms with van der Waals surface area (Å²) < 4.78 is 0. The van der Waals surface area contributed by atoms with Crippen molar-refractivity contribution < 1.29 is 4.85 Å². The SMILES string of the molecule is Nc1nc2cnccc2[n+]([O-])n1. The average Bonchev–Trinajstić information content (AvgIpc) is 2.04. The van der Waals surface area contributed by atoms with Crippen LogP contribution in [-0.4, -0.2) is 15.1 Å². The number of nitrogen functional groups attached to an aromatic ring is 1. The van der Waals surface area contributed by atoms with E-state index in [1.807, 2.05) is 0 Å². The van der Waals surface area contributed by atoms with Gasteiger partial charge in [-0.25, -0.2) is 0 Å². The lowest BCUT2D eigenvalue weighted by Gasteiger charge is -1.97. The maximum absolute atomic E-state index is 11.1. The van der Waals surface area contributed by atoms with Crippen molar-refractivity contribution in [3.8, 4) is 0 Å². The van der Waals surface area contributed by atoms with Crippen LogP contribution < -0.4 is 10.6 Å². The lowest BCUT2D eigenvalue weighted by Crippen LogP contribution is -2.33. The van der Waals surface area contributed by atoms with Gasteiger partial charge < -0.3 is 10.9 Å². The van der Waals surface area contributed by atoms with Gasteiger partial charge in [0.15, 0.2) is 5.52 Å². The van der Waals surface area contributed by atoms with Crippen molar-refractivity contribution in [2.24, 2.45) is 0 Å². The zero-order valence-corrected chi connectivity index (χ0v) is 6.01. The molecule has 0 saturated carbocycles. The van der Waals surface area contributed by atoms with E-state index in [2.05, 4.69) is 15.1 Å². The van der Waals surface area contributed by atoms with Crippen molar-refractivity contribution in [2.45, 2.75) is 0 Å². The van der Waals surface area contributed by atoms with Crippen LogP contribution >= 0.6 is 0 Å². The second-order valence-electron chi connectivity index (χ2n) is 2.21. The second kappa shape index (κ2) is 2.26. The summed E-state index contributed by atoms with van der Waals surface area (Å²) in [5, 5.41) is 14.5. The number of hydrogen-bond donors (Lipinski definition) is 1. The molecule has 2 aromatic heterocycles. The number of anilines is 1. The molecule has 0 atom stereocenters. The fourth-order valence-corrected chi connectivity index (χ4v) is 0.919. The number of aromatic nitrogens is 4. The molecule has 0 fully saturated rings. The Morgan fingerprint density at radius 2 is 2.33 bits per heavy atom. The lowest BCUT2D eigenvalue weighted by atomic mass is 10.4.